The van der Waals surface area contributed by atoms with Gasteiger partial charge in [0.15, 0.2) is 35.7 Å². The second-order valence-corrected chi connectivity index (χ2v) is 14.0. The van der Waals surface area contributed by atoms with E-state index >= 15 is 0 Å². The van der Waals surface area contributed by atoms with Crippen LogP contribution in [0.2, 0.25) is 0 Å². The Bertz CT molecular complexity index is 1700. The lowest BCUT2D eigenvalue weighted by Crippen LogP contribution is -2.68. The highest BCUT2D eigenvalue weighted by molar-refractivity contribution is 6.11. The first-order valence-electron chi connectivity index (χ1n) is 16.1. The summed E-state index contributed by atoms with van der Waals surface area (Å²) >= 11 is 0. The summed E-state index contributed by atoms with van der Waals surface area (Å²) < 4.78 is 56.1. The van der Waals surface area contributed by atoms with Crippen molar-refractivity contribution in [2.45, 2.75) is 113 Å². The molecular formula is C34H40O13. The number of carbonyl (C=O) groups is 2. The van der Waals surface area contributed by atoms with Crippen molar-refractivity contribution >= 4 is 22.5 Å². The second-order valence-electron chi connectivity index (χ2n) is 14.0. The van der Waals surface area contributed by atoms with E-state index in [1.54, 1.807) is 21.0 Å². The van der Waals surface area contributed by atoms with Crippen LogP contribution in [0.1, 0.15) is 79.6 Å². The van der Waals surface area contributed by atoms with Gasteiger partial charge in [-0.3, -0.25) is 9.59 Å². The number of aromatic hydroxyl groups is 1. The molecule has 13 nitrogen and oxygen atoms in total. The van der Waals surface area contributed by atoms with Gasteiger partial charge < -0.3 is 52.8 Å². The average Bonchev–Trinajstić information content (AvgIpc) is 3.68. The van der Waals surface area contributed by atoms with E-state index in [-0.39, 0.29) is 36.5 Å². The van der Waals surface area contributed by atoms with Gasteiger partial charge in [-0.25, -0.2) is 0 Å². The Labute approximate surface area is 271 Å². The number of hydrogen-bond acceptors (Lipinski definition) is 13. The first-order chi connectivity index (χ1) is 22.3. The molecule has 9 atom stereocenters. The number of hydrogen-bond donors (Lipinski definition) is 2. The lowest BCUT2D eigenvalue weighted by molar-refractivity contribution is -0.346. The molecule has 254 valence electrons. The topological polar surface area (TPSA) is 161 Å². The van der Waals surface area contributed by atoms with Gasteiger partial charge in [0.05, 0.1) is 30.8 Å². The fraction of sp³-hybridized carbons (Fsp3) is 0.647. The van der Waals surface area contributed by atoms with Crippen molar-refractivity contribution in [2.75, 3.05) is 27.4 Å². The molecule has 1 spiro atoms. The third-order valence-corrected chi connectivity index (χ3v) is 10.8. The maximum Gasteiger partial charge on any atom is 0.303 e. The third kappa shape index (κ3) is 4.27. The van der Waals surface area contributed by atoms with Crippen LogP contribution in [0.4, 0.5) is 0 Å². The van der Waals surface area contributed by atoms with Crippen molar-refractivity contribution in [3.05, 3.63) is 28.3 Å². The monoisotopic (exact) mass is 656 g/mol. The van der Waals surface area contributed by atoms with Gasteiger partial charge in [-0.1, -0.05) is 0 Å². The number of Topliss-reactive ketones (excluding diaryl/α,β-unsaturated/α-hetero) is 1. The number of ether oxygens (including phenoxy) is 9. The van der Waals surface area contributed by atoms with Gasteiger partial charge >= 0.3 is 5.97 Å². The minimum Gasteiger partial charge on any atom is -0.506 e. The van der Waals surface area contributed by atoms with E-state index in [2.05, 4.69) is 0 Å². The molecule has 0 radical (unpaired) electrons. The number of aliphatic hydroxyl groups is 1. The molecule has 1 aliphatic carbocycles. The zero-order valence-electron chi connectivity index (χ0n) is 27.3. The Morgan fingerprint density at radius 2 is 1.96 bits per heavy atom. The maximum absolute atomic E-state index is 13.2. The van der Waals surface area contributed by atoms with Gasteiger partial charge in [-0.2, -0.15) is 0 Å². The van der Waals surface area contributed by atoms with Crippen molar-refractivity contribution in [1.29, 1.82) is 0 Å². The number of aryl methyl sites for hydroxylation is 1. The van der Waals surface area contributed by atoms with Gasteiger partial charge in [0.25, 0.3) is 5.79 Å². The van der Waals surface area contributed by atoms with E-state index in [0.29, 0.717) is 59.3 Å². The Kier molecular flexibility index (Phi) is 6.80. The normalized spacial score (nSPS) is 39.7. The molecule has 2 aromatic rings. The fourth-order valence-corrected chi connectivity index (χ4v) is 8.74. The smallest absolute Gasteiger partial charge is 0.303 e. The highest BCUT2D eigenvalue weighted by atomic mass is 16.8. The Morgan fingerprint density at radius 1 is 1.19 bits per heavy atom. The van der Waals surface area contributed by atoms with Gasteiger partial charge in [0.2, 0.25) is 0 Å². The number of ketones is 1. The SMILES string of the molecule is COc1c2c(c(O)c3c4c(c(C)cc13)C1OC3(COC5CC(C)(O)C(OC(C)=O)C(C)O5)C[C@]5(CO5)[C@](OC)(O4)C1O3)C(=O)CCC2. The van der Waals surface area contributed by atoms with Crippen LogP contribution < -0.4 is 9.47 Å². The van der Waals surface area contributed by atoms with Crippen LogP contribution in [0.25, 0.3) is 10.8 Å². The molecular weight excluding hydrogens is 616 g/mol. The summed E-state index contributed by atoms with van der Waals surface area (Å²) in [6.07, 6.45) is -1.97. The molecule has 5 heterocycles. The number of methoxy groups -OCH3 is 2. The molecule has 0 saturated carbocycles. The molecule has 7 unspecified atom stereocenters. The van der Waals surface area contributed by atoms with Crippen LogP contribution in [0, 0.1) is 6.92 Å². The fourth-order valence-electron chi connectivity index (χ4n) is 8.74. The number of fused-ring (bicyclic) bond motifs is 7. The zero-order valence-corrected chi connectivity index (χ0v) is 27.3. The maximum atomic E-state index is 13.2. The lowest BCUT2D eigenvalue weighted by Gasteiger charge is -2.49. The van der Waals surface area contributed by atoms with Crippen molar-refractivity contribution in [3.63, 3.8) is 0 Å². The predicted octanol–water partition coefficient (Wildman–Crippen LogP) is 3.28. The zero-order chi connectivity index (χ0) is 33.3. The van der Waals surface area contributed by atoms with Crippen molar-refractivity contribution in [2.24, 2.45) is 0 Å². The number of esters is 1. The molecule has 4 saturated heterocycles. The quantitative estimate of drug-likeness (QED) is 0.345. The third-order valence-electron chi connectivity index (χ3n) is 10.8. The van der Waals surface area contributed by atoms with Crippen LogP contribution in [-0.4, -0.2) is 96.8 Å². The Morgan fingerprint density at radius 3 is 2.62 bits per heavy atom. The number of phenols is 1. The summed E-state index contributed by atoms with van der Waals surface area (Å²) in [4.78, 5) is 24.8. The van der Waals surface area contributed by atoms with Crippen molar-refractivity contribution in [1.82, 2.24) is 0 Å². The minimum absolute atomic E-state index is 0.0447. The van der Waals surface area contributed by atoms with E-state index < -0.39 is 59.5 Å². The number of epoxide rings is 1. The predicted molar refractivity (Wildman–Crippen MR) is 160 cm³/mol. The molecule has 6 aliphatic rings. The summed E-state index contributed by atoms with van der Waals surface area (Å²) in [5.74, 6) is -2.69. The first-order valence-corrected chi connectivity index (χ1v) is 16.1. The van der Waals surface area contributed by atoms with E-state index in [0.717, 1.165) is 5.56 Å². The molecule has 13 heteroatoms. The van der Waals surface area contributed by atoms with Crippen LogP contribution in [0.3, 0.4) is 0 Å². The highest BCUT2D eigenvalue weighted by Crippen LogP contribution is 2.66. The molecule has 47 heavy (non-hydrogen) atoms. The molecule has 5 aliphatic heterocycles. The van der Waals surface area contributed by atoms with Crippen molar-refractivity contribution in [3.8, 4) is 17.2 Å². The summed E-state index contributed by atoms with van der Waals surface area (Å²) in [5.41, 5.74) is 0.0616. The molecule has 0 amide bonds. The first kappa shape index (κ1) is 31.2. The number of phenolic OH excluding ortho intramolecular Hbond substituents is 1. The summed E-state index contributed by atoms with van der Waals surface area (Å²) in [6.45, 7) is 6.75. The highest BCUT2D eigenvalue weighted by Gasteiger charge is 2.81. The van der Waals surface area contributed by atoms with Gasteiger partial charge in [-0.05, 0) is 45.2 Å². The molecule has 8 rings (SSSR count). The minimum atomic E-state index is -1.44. The van der Waals surface area contributed by atoms with Crippen molar-refractivity contribution < 1.29 is 62.4 Å². The number of benzene rings is 2. The van der Waals surface area contributed by atoms with Crippen LogP contribution in [-0.2, 0) is 44.4 Å². The van der Waals surface area contributed by atoms with Crippen LogP contribution >= 0.6 is 0 Å². The van der Waals surface area contributed by atoms with Gasteiger partial charge in [0.1, 0.15) is 35.6 Å². The summed E-state index contributed by atoms with van der Waals surface area (Å²) in [6, 6.07) is 1.92. The second kappa shape index (κ2) is 10.2. The van der Waals surface area contributed by atoms with E-state index in [4.69, 9.17) is 42.6 Å². The van der Waals surface area contributed by atoms with E-state index in [9.17, 15) is 19.8 Å². The molecule has 0 aromatic heterocycles. The molecule has 2 bridgehead atoms. The Balaban J connectivity index is 1.19. The summed E-state index contributed by atoms with van der Waals surface area (Å²) in [5, 5.41) is 23.9. The van der Waals surface area contributed by atoms with Gasteiger partial charge in [0, 0.05) is 49.8 Å². The molecule has 2 N–H and O–H groups in total. The Hall–Kier alpha value is -3.04. The lowest BCUT2D eigenvalue weighted by atomic mass is 9.78. The van der Waals surface area contributed by atoms with Gasteiger partial charge in [-0.15, -0.1) is 0 Å². The van der Waals surface area contributed by atoms with Crippen LogP contribution in [0.15, 0.2) is 6.07 Å². The molecule has 4 fully saturated rings. The van der Waals surface area contributed by atoms with E-state index in [1.165, 1.54) is 14.0 Å². The average molecular weight is 657 g/mol. The van der Waals surface area contributed by atoms with E-state index in [1.807, 2.05) is 13.0 Å². The van der Waals surface area contributed by atoms with Crippen LogP contribution in [0.5, 0.6) is 17.2 Å². The number of carbonyl (C=O) groups excluding carboxylic acids is 2. The summed E-state index contributed by atoms with van der Waals surface area (Å²) in [7, 11) is 3.09. The standard InChI is InChI=1S/C34H40O13/c1-15-10-19-24(25(37)23-18(26(19)39-5)8-7-9-20(23)36)27-22(15)28-30-34(40-6,46-27)32(13-42-32)12-33(45-28,47-30)14-41-21-11-31(4,38)29(16(2)43-21)44-17(3)35/h10,16,21,28-30,37-38H,7-9,11-14H2,1-6H3/t16?,21?,28?,29?,30?,31?,32-,33?,34+/m0/s1. The largest absolute Gasteiger partial charge is 0.506 e. The number of rotatable bonds is 6. The molecule has 2 aromatic carbocycles.